The van der Waals surface area contributed by atoms with Gasteiger partial charge in [0.1, 0.15) is 5.00 Å². The summed E-state index contributed by atoms with van der Waals surface area (Å²) in [5.74, 6) is -1.77. The van der Waals surface area contributed by atoms with Crippen LogP contribution in [0.15, 0.2) is 18.7 Å². The first kappa shape index (κ1) is 18.2. The summed E-state index contributed by atoms with van der Waals surface area (Å²) in [5.41, 5.74) is 0.503. The Kier molecular flexibility index (Phi) is 7.11. The van der Waals surface area contributed by atoms with E-state index < -0.39 is 11.9 Å². The second-order valence-corrected chi connectivity index (χ2v) is 6.05. The first-order valence-electron chi connectivity index (χ1n) is 7.32. The lowest BCUT2D eigenvalue weighted by Gasteiger charge is -2.24. The van der Waals surface area contributed by atoms with Gasteiger partial charge in [-0.2, -0.15) is 0 Å². The number of carboxylic acids is 1. The molecule has 0 aliphatic heterocycles. The van der Waals surface area contributed by atoms with Crippen molar-refractivity contribution < 1.29 is 19.4 Å². The molecular weight excluding hydrogens is 302 g/mol. The van der Waals surface area contributed by atoms with Gasteiger partial charge >= 0.3 is 11.9 Å². The van der Waals surface area contributed by atoms with E-state index >= 15 is 0 Å². The normalized spacial score (nSPS) is 11.8. The van der Waals surface area contributed by atoms with E-state index in [1.165, 1.54) is 11.3 Å². The number of ether oxygens (including phenoxy) is 1. The van der Waals surface area contributed by atoms with Crippen molar-refractivity contribution in [2.75, 3.05) is 24.6 Å². The lowest BCUT2D eigenvalue weighted by molar-refractivity contribution is -0.140. The Morgan fingerprint density at radius 2 is 2.18 bits per heavy atom. The Morgan fingerprint density at radius 1 is 1.50 bits per heavy atom. The summed E-state index contributed by atoms with van der Waals surface area (Å²) in [4.78, 5) is 26.2. The van der Waals surface area contributed by atoms with E-state index in [1.54, 1.807) is 19.9 Å². The third-order valence-electron chi connectivity index (χ3n) is 3.16. The monoisotopic (exact) mass is 325 g/mol. The van der Waals surface area contributed by atoms with Crippen LogP contribution >= 0.6 is 11.3 Å². The molecule has 122 valence electrons. The van der Waals surface area contributed by atoms with E-state index in [-0.39, 0.29) is 5.97 Å². The van der Waals surface area contributed by atoms with Crippen LogP contribution < -0.4 is 4.90 Å². The van der Waals surface area contributed by atoms with E-state index in [4.69, 9.17) is 9.84 Å². The summed E-state index contributed by atoms with van der Waals surface area (Å²) in [6, 6.07) is 1.83. The topological polar surface area (TPSA) is 66.8 Å². The lowest BCUT2D eigenvalue weighted by Crippen LogP contribution is -2.32. The maximum atomic E-state index is 12.1. The van der Waals surface area contributed by atoms with Gasteiger partial charge in [0.25, 0.3) is 0 Å². The maximum absolute atomic E-state index is 12.1. The molecule has 1 heterocycles. The molecule has 0 bridgehead atoms. The summed E-state index contributed by atoms with van der Waals surface area (Å²) in [5, 5.41) is 9.87. The van der Waals surface area contributed by atoms with Crippen LogP contribution in [0, 0.1) is 5.92 Å². The van der Waals surface area contributed by atoms with Gasteiger partial charge in [-0.1, -0.05) is 19.9 Å². The van der Waals surface area contributed by atoms with Crippen molar-refractivity contribution in [2.45, 2.75) is 27.2 Å². The minimum Gasteiger partial charge on any atom is -0.481 e. The molecule has 0 amide bonds. The zero-order valence-corrected chi connectivity index (χ0v) is 14.1. The minimum absolute atomic E-state index is 0.308. The molecule has 1 aromatic rings. The predicted octanol–water partition coefficient (Wildman–Crippen LogP) is 3.20. The van der Waals surface area contributed by atoms with Crippen molar-refractivity contribution in [3.8, 4) is 0 Å². The molecule has 6 heteroatoms. The van der Waals surface area contributed by atoms with E-state index in [1.807, 2.05) is 17.9 Å². The number of esters is 1. The van der Waals surface area contributed by atoms with E-state index in [0.717, 1.165) is 16.3 Å². The molecule has 22 heavy (non-hydrogen) atoms. The van der Waals surface area contributed by atoms with Crippen LogP contribution in [-0.2, 0) is 16.0 Å². The number of aliphatic carboxylic acids is 1. The van der Waals surface area contributed by atoms with Crippen LogP contribution in [0.5, 0.6) is 0 Å². The van der Waals surface area contributed by atoms with Gasteiger partial charge in [-0.3, -0.25) is 4.79 Å². The number of carboxylic acid groups (broad SMARTS) is 1. The molecule has 0 spiro atoms. The molecule has 0 saturated carbocycles. The Labute approximate surface area is 135 Å². The van der Waals surface area contributed by atoms with E-state index in [9.17, 15) is 9.59 Å². The minimum atomic E-state index is -0.862. The molecule has 0 saturated heterocycles. The summed E-state index contributed by atoms with van der Waals surface area (Å²) in [7, 11) is 0. The fourth-order valence-electron chi connectivity index (χ4n) is 2.00. The molecule has 1 atom stereocenters. The number of carbonyl (C=O) groups excluding carboxylic acids is 1. The van der Waals surface area contributed by atoms with Gasteiger partial charge in [-0.05, 0) is 19.4 Å². The molecule has 1 N–H and O–H groups in total. The van der Waals surface area contributed by atoms with Gasteiger partial charge in [-0.15, -0.1) is 17.9 Å². The number of hydrogen-bond donors (Lipinski definition) is 1. The first-order chi connectivity index (χ1) is 10.4. The second-order valence-electron chi connectivity index (χ2n) is 4.94. The van der Waals surface area contributed by atoms with Crippen LogP contribution in [0.3, 0.4) is 0 Å². The quantitative estimate of drug-likeness (QED) is 0.558. The number of carbonyl (C=O) groups is 2. The SMILES string of the molecule is C=CCN(CC(C)C(=O)O)c1sc(CC)cc1C(=O)OCC. The molecule has 0 radical (unpaired) electrons. The lowest BCUT2D eigenvalue weighted by atomic mass is 10.1. The highest BCUT2D eigenvalue weighted by molar-refractivity contribution is 7.16. The van der Waals surface area contributed by atoms with Crippen LogP contribution in [0.1, 0.15) is 36.0 Å². The Balaban J connectivity index is 3.16. The average Bonchev–Trinajstić information content (AvgIpc) is 2.91. The van der Waals surface area contributed by atoms with Gasteiger partial charge in [0.2, 0.25) is 0 Å². The average molecular weight is 325 g/mol. The molecule has 0 aromatic carbocycles. The predicted molar refractivity (Wildman–Crippen MR) is 88.9 cm³/mol. The Bertz CT molecular complexity index is 538. The number of nitrogens with zero attached hydrogens (tertiary/aromatic N) is 1. The van der Waals surface area contributed by atoms with E-state index in [2.05, 4.69) is 6.58 Å². The fraction of sp³-hybridized carbons (Fsp3) is 0.500. The molecule has 1 unspecified atom stereocenters. The third-order valence-corrected chi connectivity index (χ3v) is 4.50. The van der Waals surface area contributed by atoms with Gasteiger partial charge < -0.3 is 14.7 Å². The van der Waals surface area contributed by atoms with Gasteiger partial charge in [0.05, 0.1) is 18.1 Å². The highest BCUT2D eigenvalue weighted by Gasteiger charge is 2.24. The van der Waals surface area contributed by atoms with Crippen LogP contribution in [0.25, 0.3) is 0 Å². The standard InChI is InChI=1S/C16H23NO4S/c1-5-8-17(10-11(4)15(18)19)14-13(16(20)21-7-3)9-12(6-2)22-14/h5,9,11H,1,6-8,10H2,2-4H3,(H,18,19). The molecule has 1 rings (SSSR count). The fourth-order valence-corrected chi connectivity index (χ4v) is 3.10. The zero-order valence-electron chi connectivity index (χ0n) is 13.3. The van der Waals surface area contributed by atoms with Crippen molar-refractivity contribution in [3.05, 3.63) is 29.2 Å². The molecule has 5 nitrogen and oxygen atoms in total. The summed E-state index contributed by atoms with van der Waals surface area (Å²) in [6.45, 7) is 10.2. The summed E-state index contributed by atoms with van der Waals surface area (Å²) >= 11 is 1.50. The largest absolute Gasteiger partial charge is 0.481 e. The van der Waals surface area contributed by atoms with Crippen molar-refractivity contribution in [3.63, 3.8) is 0 Å². The number of rotatable bonds is 9. The van der Waals surface area contributed by atoms with E-state index in [0.29, 0.717) is 25.3 Å². The highest BCUT2D eigenvalue weighted by Crippen LogP contribution is 2.33. The number of hydrogen-bond acceptors (Lipinski definition) is 5. The van der Waals surface area contributed by atoms with Crippen molar-refractivity contribution in [1.29, 1.82) is 0 Å². The molecule has 1 aromatic heterocycles. The third kappa shape index (κ3) is 4.59. The molecular formula is C16H23NO4S. The first-order valence-corrected chi connectivity index (χ1v) is 8.14. The maximum Gasteiger partial charge on any atom is 0.341 e. The number of thiophene rings is 1. The van der Waals surface area contributed by atoms with Crippen LogP contribution in [0.4, 0.5) is 5.00 Å². The number of anilines is 1. The Morgan fingerprint density at radius 3 is 2.68 bits per heavy atom. The van der Waals surface area contributed by atoms with Crippen LogP contribution in [-0.4, -0.2) is 36.7 Å². The Hall–Kier alpha value is -1.82. The van der Waals surface area contributed by atoms with Gasteiger partial charge in [0.15, 0.2) is 0 Å². The number of aryl methyl sites for hydroxylation is 1. The van der Waals surface area contributed by atoms with Crippen LogP contribution in [0.2, 0.25) is 0 Å². The second kappa shape index (κ2) is 8.58. The summed E-state index contributed by atoms with van der Waals surface area (Å²) < 4.78 is 5.11. The summed E-state index contributed by atoms with van der Waals surface area (Å²) in [6.07, 6.45) is 2.52. The zero-order chi connectivity index (χ0) is 16.7. The van der Waals surface area contributed by atoms with Crippen molar-refractivity contribution >= 4 is 28.3 Å². The molecule has 0 aliphatic carbocycles. The molecule has 0 aliphatic rings. The van der Waals surface area contributed by atoms with Crippen molar-refractivity contribution in [1.82, 2.24) is 0 Å². The van der Waals surface area contributed by atoms with Gasteiger partial charge in [0, 0.05) is 18.0 Å². The highest BCUT2D eigenvalue weighted by atomic mass is 32.1. The molecule has 0 fully saturated rings. The smallest absolute Gasteiger partial charge is 0.341 e. The van der Waals surface area contributed by atoms with Gasteiger partial charge in [-0.25, -0.2) is 4.79 Å². The van der Waals surface area contributed by atoms with Crippen molar-refractivity contribution in [2.24, 2.45) is 5.92 Å².